The first-order valence-electron chi connectivity index (χ1n) is 8.70. The Balaban J connectivity index is 2.20. The normalized spacial score (nSPS) is 11.5. The predicted molar refractivity (Wildman–Crippen MR) is 93.8 cm³/mol. The SMILES string of the molecule is CCCCCCCCCCCOS(=O)(=O)c1ccc(C(=O)O)cc1. The molecule has 1 aromatic carbocycles. The highest BCUT2D eigenvalue weighted by Gasteiger charge is 2.15. The first kappa shape index (κ1) is 20.6. The molecule has 1 aromatic rings. The number of carboxylic acids is 1. The van der Waals surface area contributed by atoms with Crippen LogP contribution in [-0.4, -0.2) is 26.1 Å². The summed E-state index contributed by atoms with van der Waals surface area (Å²) in [5, 5.41) is 8.80. The predicted octanol–water partition coefficient (Wildman–Crippen LogP) is 4.62. The summed E-state index contributed by atoms with van der Waals surface area (Å²) in [4.78, 5) is 10.7. The van der Waals surface area contributed by atoms with Gasteiger partial charge in [-0.25, -0.2) is 4.79 Å². The van der Waals surface area contributed by atoms with Crippen LogP contribution in [0.5, 0.6) is 0 Å². The maximum atomic E-state index is 12.0. The lowest BCUT2D eigenvalue weighted by Crippen LogP contribution is -2.08. The second-order valence-corrected chi connectivity index (χ2v) is 7.55. The van der Waals surface area contributed by atoms with Crippen molar-refractivity contribution in [3.63, 3.8) is 0 Å². The number of aromatic carboxylic acids is 1. The number of unbranched alkanes of at least 4 members (excludes halogenated alkanes) is 8. The zero-order valence-electron chi connectivity index (χ0n) is 14.4. The summed E-state index contributed by atoms with van der Waals surface area (Å²) in [6.45, 7) is 2.37. The maximum Gasteiger partial charge on any atom is 0.335 e. The fourth-order valence-corrected chi connectivity index (χ4v) is 3.36. The van der Waals surface area contributed by atoms with Gasteiger partial charge in [0.2, 0.25) is 0 Å². The van der Waals surface area contributed by atoms with Gasteiger partial charge in [-0.3, -0.25) is 4.18 Å². The second kappa shape index (κ2) is 11.2. The largest absolute Gasteiger partial charge is 0.478 e. The van der Waals surface area contributed by atoms with Crippen molar-refractivity contribution in [2.75, 3.05) is 6.61 Å². The van der Waals surface area contributed by atoms with Crippen LogP contribution in [0.1, 0.15) is 75.1 Å². The molecule has 0 amide bonds. The van der Waals surface area contributed by atoms with Crippen LogP contribution in [-0.2, 0) is 14.3 Å². The molecule has 136 valence electrons. The van der Waals surface area contributed by atoms with Gasteiger partial charge >= 0.3 is 5.97 Å². The summed E-state index contributed by atoms with van der Waals surface area (Å²) in [7, 11) is -3.80. The van der Waals surface area contributed by atoms with Gasteiger partial charge in [0.1, 0.15) is 0 Å². The Morgan fingerprint density at radius 1 is 0.917 bits per heavy atom. The topological polar surface area (TPSA) is 80.7 Å². The van der Waals surface area contributed by atoms with Gasteiger partial charge in [0.15, 0.2) is 0 Å². The van der Waals surface area contributed by atoms with Crippen LogP contribution in [0, 0.1) is 0 Å². The summed E-state index contributed by atoms with van der Waals surface area (Å²) < 4.78 is 29.0. The molecule has 0 heterocycles. The van der Waals surface area contributed by atoms with Gasteiger partial charge in [-0.05, 0) is 30.7 Å². The molecule has 1 N–H and O–H groups in total. The number of rotatable bonds is 13. The average molecular weight is 356 g/mol. The second-order valence-electron chi connectivity index (χ2n) is 5.93. The highest BCUT2D eigenvalue weighted by Crippen LogP contribution is 2.15. The molecule has 0 aliphatic heterocycles. The van der Waals surface area contributed by atoms with E-state index in [0.717, 1.165) is 12.8 Å². The third-order valence-corrected chi connectivity index (χ3v) is 5.20. The van der Waals surface area contributed by atoms with Crippen molar-refractivity contribution in [3.05, 3.63) is 29.8 Å². The summed E-state index contributed by atoms with van der Waals surface area (Å²) in [6, 6.07) is 5.04. The lowest BCUT2D eigenvalue weighted by molar-refractivity contribution is 0.0696. The van der Waals surface area contributed by atoms with E-state index in [-0.39, 0.29) is 17.1 Å². The van der Waals surface area contributed by atoms with E-state index in [1.807, 2.05) is 0 Å². The standard InChI is InChI=1S/C18H28O5S/c1-2-3-4-5-6-7-8-9-10-15-23-24(21,22)17-13-11-16(12-14-17)18(19)20/h11-14H,2-10,15H2,1H3,(H,19,20). The van der Waals surface area contributed by atoms with E-state index in [1.165, 1.54) is 62.8 Å². The molecule has 24 heavy (non-hydrogen) atoms. The Morgan fingerprint density at radius 3 is 1.92 bits per heavy atom. The molecule has 0 saturated carbocycles. The molecule has 0 aliphatic rings. The van der Waals surface area contributed by atoms with Gasteiger partial charge in [-0.2, -0.15) is 8.42 Å². The summed E-state index contributed by atoms with van der Waals surface area (Å²) in [6.07, 6.45) is 10.3. The van der Waals surface area contributed by atoms with Crippen LogP contribution in [0.2, 0.25) is 0 Å². The van der Waals surface area contributed by atoms with Crippen LogP contribution in [0.25, 0.3) is 0 Å². The van der Waals surface area contributed by atoms with Crippen molar-refractivity contribution >= 4 is 16.1 Å². The molecule has 0 radical (unpaired) electrons. The van der Waals surface area contributed by atoms with Crippen molar-refractivity contribution in [3.8, 4) is 0 Å². The van der Waals surface area contributed by atoms with E-state index < -0.39 is 16.1 Å². The smallest absolute Gasteiger partial charge is 0.335 e. The Labute approximate surface area is 145 Å². The van der Waals surface area contributed by atoms with Gasteiger partial charge in [0.25, 0.3) is 10.1 Å². The molecule has 0 bridgehead atoms. The van der Waals surface area contributed by atoms with E-state index in [2.05, 4.69) is 6.92 Å². The molecule has 0 aliphatic carbocycles. The fourth-order valence-electron chi connectivity index (χ4n) is 2.41. The highest BCUT2D eigenvalue weighted by atomic mass is 32.2. The number of benzene rings is 1. The minimum absolute atomic E-state index is 0.0107. The van der Waals surface area contributed by atoms with E-state index in [9.17, 15) is 13.2 Å². The van der Waals surface area contributed by atoms with Crippen LogP contribution in [0.3, 0.4) is 0 Å². The molecule has 0 unspecified atom stereocenters. The first-order chi connectivity index (χ1) is 11.5. The van der Waals surface area contributed by atoms with Crippen LogP contribution < -0.4 is 0 Å². The quantitative estimate of drug-likeness (QED) is 0.412. The molecule has 0 atom stereocenters. The van der Waals surface area contributed by atoms with E-state index in [1.54, 1.807) is 0 Å². The molecular formula is C18H28O5S. The van der Waals surface area contributed by atoms with Crippen LogP contribution in [0.15, 0.2) is 29.2 Å². The monoisotopic (exact) mass is 356 g/mol. The Hall–Kier alpha value is -1.40. The van der Waals surface area contributed by atoms with Gasteiger partial charge < -0.3 is 5.11 Å². The third kappa shape index (κ3) is 7.93. The van der Waals surface area contributed by atoms with Crippen molar-refractivity contribution in [2.45, 2.75) is 69.6 Å². The zero-order chi connectivity index (χ0) is 17.8. The van der Waals surface area contributed by atoms with Crippen molar-refractivity contribution in [1.29, 1.82) is 0 Å². The van der Waals surface area contributed by atoms with E-state index in [4.69, 9.17) is 9.29 Å². The molecule has 6 heteroatoms. The maximum absolute atomic E-state index is 12.0. The Morgan fingerprint density at radius 2 is 1.42 bits per heavy atom. The average Bonchev–Trinajstić information content (AvgIpc) is 2.56. The number of hydrogen-bond acceptors (Lipinski definition) is 4. The summed E-state index contributed by atoms with van der Waals surface area (Å²) in [5.74, 6) is -1.09. The minimum Gasteiger partial charge on any atom is -0.478 e. The van der Waals surface area contributed by atoms with Gasteiger partial charge in [0, 0.05) is 0 Å². The lowest BCUT2D eigenvalue weighted by atomic mass is 10.1. The molecule has 0 spiro atoms. The third-order valence-electron chi connectivity index (χ3n) is 3.88. The number of hydrogen-bond donors (Lipinski definition) is 1. The van der Waals surface area contributed by atoms with Crippen LogP contribution >= 0.6 is 0 Å². The van der Waals surface area contributed by atoms with E-state index in [0.29, 0.717) is 6.42 Å². The molecule has 0 aromatic heterocycles. The van der Waals surface area contributed by atoms with Crippen molar-refractivity contribution < 1.29 is 22.5 Å². The first-order valence-corrected chi connectivity index (χ1v) is 10.1. The zero-order valence-corrected chi connectivity index (χ0v) is 15.2. The molecule has 0 fully saturated rings. The van der Waals surface area contributed by atoms with Crippen molar-refractivity contribution in [1.82, 2.24) is 0 Å². The van der Waals surface area contributed by atoms with Gasteiger partial charge in [-0.1, -0.05) is 58.3 Å². The highest BCUT2D eigenvalue weighted by molar-refractivity contribution is 7.86. The number of carbonyl (C=O) groups is 1. The summed E-state index contributed by atoms with van der Waals surface area (Å²) >= 11 is 0. The van der Waals surface area contributed by atoms with Gasteiger partial charge in [0.05, 0.1) is 17.1 Å². The molecule has 5 nitrogen and oxygen atoms in total. The lowest BCUT2D eigenvalue weighted by Gasteiger charge is -2.06. The van der Waals surface area contributed by atoms with Gasteiger partial charge in [-0.15, -0.1) is 0 Å². The molecular weight excluding hydrogens is 328 g/mol. The Bertz CT molecular complexity index is 578. The minimum atomic E-state index is -3.80. The number of carboxylic acid groups (broad SMARTS) is 1. The van der Waals surface area contributed by atoms with E-state index >= 15 is 0 Å². The molecule has 1 rings (SSSR count). The Kier molecular flexibility index (Phi) is 9.64. The summed E-state index contributed by atoms with van der Waals surface area (Å²) in [5.41, 5.74) is 0.0490. The fraction of sp³-hybridized carbons (Fsp3) is 0.611. The molecule has 0 saturated heterocycles. The van der Waals surface area contributed by atoms with Crippen LogP contribution in [0.4, 0.5) is 0 Å². The van der Waals surface area contributed by atoms with Crippen molar-refractivity contribution in [2.24, 2.45) is 0 Å².